The summed E-state index contributed by atoms with van der Waals surface area (Å²) in [4.78, 5) is 5.86. The number of nitrogens with zero attached hydrogens (tertiary/aromatic N) is 2. The molecule has 1 aromatic rings. The van der Waals surface area contributed by atoms with E-state index in [1.807, 2.05) is 0 Å². The van der Waals surface area contributed by atoms with Crippen molar-refractivity contribution in [2.24, 2.45) is 22.4 Å². The van der Waals surface area contributed by atoms with Crippen molar-refractivity contribution < 1.29 is 9.50 Å². The van der Waals surface area contributed by atoms with Gasteiger partial charge in [-0.3, -0.25) is 5.41 Å². The summed E-state index contributed by atoms with van der Waals surface area (Å²) in [7, 11) is 0. The quantitative estimate of drug-likeness (QED) is 0.647. The van der Waals surface area contributed by atoms with E-state index in [0.29, 0.717) is 21.9 Å². The number of amidine groups is 2. The average Bonchev–Trinajstić information content (AvgIpc) is 2.53. The summed E-state index contributed by atoms with van der Waals surface area (Å²) < 4.78 is 13.9. The molecule has 0 saturated carbocycles. The first-order valence-electron chi connectivity index (χ1n) is 7.79. The summed E-state index contributed by atoms with van der Waals surface area (Å²) >= 11 is 6.30. The molecule has 3 atom stereocenters. The van der Waals surface area contributed by atoms with E-state index in [4.69, 9.17) is 28.5 Å². The normalized spacial score (nSPS) is 24.7. The molecule has 0 aliphatic carbocycles. The van der Waals surface area contributed by atoms with Crippen molar-refractivity contribution in [2.45, 2.75) is 26.1 Å². The molecule has 2 heterocycles. The molecule has 0 bridgehead atoms. The van der Waals surface area contributed by atoms with Crippen molar-refractivity contribution >= 4 is 23.3 Å². The molecule has 0 saturated heterocycles. The van der Waals surface area contributed by atoms with Crippen LogP contribution in [-0.2, 0) is 0 Å². The van der Waals surface area contributed by atoms with Gasteiger partial charge in [0.25, 0.3) is 0 Å². The van der Waals surface area contributed by atoms with Gasteiger partial charge < -0.3 is 21.5 Å². The Morgan fingerprint density at radius 3 is 2.76 bits per heavy atom. The van der Waals surface area contributed by atoms with E-state index in [1.54, 1.807) is 18.7 Å². The lowest BCUT2D eigenvalue weighted by molar-refractivity contribution is 0.262. The lowest BCUT2D eigenvalue weighted by Gasteiger charge is -2.42. The van der Waals surface area contributed by atoms with Gasteiger partial charge in [0.1, 0.15) is 23.2 Å². The van der Waals surface area contributed by atoms with E-state index in [0.717, 1.165) is 0 Å². The van der Waals surface area contributed by atoms with Gasteiger partial charge in [-0.1, -0.05) is 11.6 Å². The molecule has 2 aliphatic heterocycles. The van der Waals surface area contributed by atoms with Crippen LogP contribution in [-0.4, -0.2) is 27.8 Å². The summed E-state index contributed by atoms with van der Waals surface area (Å²) in [5, 5.41) is 19.3. The Morgan fingerprint density at radius 2 is 2.12 bits per heavy atom. The van der Waals surface area contributed by atoms with Gasteiger partial charge in [0.15, 0.2) is 0 Å². The lowest BCUT2D eigenvalue weighted by atomic mass is 9.85. The first-order chi connectivity index (χ1) is 11.7. The van der Waals surface area contributed by atoms with Gasteiger partial charge in [-0.15, -0.1) is 0 Å². The van der Waals surface area contributed by atoms with Crippen LogP contribution in [0, 0.1) is 17.1 Å². The molecule has 0 aromatic heterocycles. The van der Waals surface area contributed by atoms with E-state index in [2.05, 4.69) is 4.99 Å². The predicted octanol–water partition coefficient (Wildman–Crippen LogP) is 2.82. The predicted molar refractivity (Wildman–Crippen MR) is 95.9 cm³/mol. The van der Waals surface area contributed by atoms with Crippen LogP contribution in [0.3, 0.4) is 0 Å². The molecule has 3 unspecified atom stereocenters. The molecular formula is C17H19ClFN5O. The van der Waals surface area contributed by atoms with E-state index >= 15 is 0 Å². The van der Waals surface area contributed by atoms with Gasteiger partial charge in [-0.2, -0.15) is 0 Å². The Morgan fingerprint density at radius 1 is 1.44 bits per heavy atom. The van der Waals surface area contributed by atoms with Crippen LogP contribution >= 0.6 is 11.6 Å². The molecule has 3 rings (SSSR count). The largest absolute Gasteiger partial charge is 0.511 e. The van der Waals surface area contributed by atoms with Gasteiger partial charge in [0, 0.05) is 22.2 Å². The van der Waals surface area contributed by atoms with E-state index in [-0.39, 0.29) is 17.4 Å². The first-order valence-corrected chi connectivity index (χ1v) is 8.16. The second kappa shape index (κ2) is 6.16. The molecule has 25 heavy (non-hydrogen) atoms. The average molecular weight is 364 g/mol. The Hall–Kier alpha value is -2.38. The number of aliphatic imine (C=N–C) groups is 1. The molecule has 0 amide bonds. The standard InChI is InChI=1S/C17H19ClFN5O/c1-7-16(25)14-12(23-17(7)22)6-13(21)24(8(2)20)15(14)10-5-9(19)3-4-11(10)18/h3-8,15,21,25H,20H2,1-2H3,(H2,22,23). The SMILES string of the molecule is CC1C(N)=NC2=CC(=N)N(C(C)N)C(c3cc(F)ccc3Cl)C2=C1O. The van der Waals surface area contributed by atoms with Gasteiger partial charge in [-0.25, -0.2) is 9.38 Å². The van der Waals surface area contributed by atoms with E-state index in [9.17, 15) is 9.50 Å². The smallest absolute Gasteiger partial charge is 0.124 e. The van der Waals surface area contributed by atoms with Crippen LogP contribution in [0.25, 0.3) is 0 Å². The van der Waals surface area contributed by atoms with Gasteiger partial charge in [0.05, 0.1) is 23.8 Å². The topological polar surface area (TPSA) is 112 Å². The number of fused-ring (bicyclic) bond motifs is 1. The molecule has 8 heteroatoms. The Labute approximate surface area is 149 Å². The van der Waals surface area contributed by atoms with Crippen molar-refractivity contribution in [3.8, 4) is 0 Å². The highest BCUT2D eigenvalue weighted by Crippen LogP contribution is 2.44. The van der Waals surface area contributed by atoms with Crippen molar-refractivity contribution in [1.29, 1.82) is 5.41 Å². The Kier molecular flexibility index (Phi) is 4.30. The maximum Gasteiger partial charge on any atom is 0.124 e. The number of aliphatic hydroxyl groups is 1. The molecule has 6 nitrogen and oxygen atoms in total. The maximum absolute atomic E-state index is 13.9. The van der Waals surface area contributed by atoms with Crippen LogP contribution in [0.1, 0.15) is 25.5 Å². The van der Waals surface area contributed by atoms with Crippen molar-refractivity contribution in [3.63, 3.8) is 0 Å². The summed E-state index contributed by atoms with van der Waals surface area (Å²) in [5.74, 6) is -0.623. The third kappa shape index (κ3) is 2.79. The fourth-order valence-corrected chi connectivity index (χ4v) is 3.38. The lowest BCUT2D eigenvalue weighted by Crippen LogP contribution is -2.49. The summed E-state index contributed by atoms with van der Waals surface area (Å²) in [6.07, 6.45) is 0.908. The third-order valence-corrected chi connectivity index (χ3v) is 4.79. The Bertz CT molecular complexity index is 845. The first kappa shape index (κ1) is 17.4. The molecule has 132 valence electrons. The number of hydrogen-bond acceptors (Lipinski definition) is 5. The molecule has 0 fully saturated rings. The Balaban J connectivity index is 2.30. The summed E-state index contributed by atoms with van der Waals surface area (Å²) in [6.45, 7) is 3.42. The second-order valence-corrected chi connectivity index (χ2v) is 6.60. The monoisotopic (exact) mass is 363 g/mol. The number of dihydropyridines is 1. The summed E-state index contributed by atoms with van der Waals surface area (Å²) in [6, 6.07) is 3.23. The number of nitrogens with one attached hydrogen (secondary N) is 1. The van der Waals surface area contributed by atoms with Gasteiger partial charge in [0.2, 0.25) is 0 Å². The van der Waals surface area contributed by atoms with Crippen molar-refractivity contribution in [1.82, 2.24) is 4.90 Å². The van der Waals surface area contributed by atoms with Crippen molar-refractivity contribution in [3.05, 3.63) is 57.7 Å². The van der Waals surface area contributed by atoms with Crippen LogP contribution in [0.15, 0.2) is 46.3 Å². The van der Waals surface area contributed by atoms with Gasteiger partial charge >= 0.3 is 0 Å². The molecule has 2 aliphatic rings. The number of halogens is 2. The zero-order valence-electron chi connectivity index (χ0n) is 13.8. The maximum atomic E-state index is 13.9. The van der Waals surface area contributed by atoms with E-state index < -0.39 is 23.9 Å². The highest BCUT2D eigenvalue weighted by Gasteiger charge is 2.40. The van der Waals surface area contributed by atoms with E-state index in [1.165, 1.54) is 24.3 Å². The van der Waals surface area contributed by atoms with Gasteiger partial charge in [-0.05, 0) is 32.0 Å². The molecule has 0 radical (unpaired) electrons. The molecular weight excluding hydrogens is 345 g/mol. The molecule has 6 N–H and O–H groups in total. The minimum Gasteiger partial charge on any atom is -0.511 e. The minimum absolute atomic E-state index is 0.0160. The summed E-state index contributed by atoms with van der Waals surface area (Å²) in [5.41, 5.74) is 13.1. The third-order valence-electron chi connectivity index (χ3n) is 4.45. The van der Waals surface area contributed by atoms with Crippen LogP contribution < -0.4 is 11.5 Å². The fraction of sp³-hybridized carbons (Fsp3) is 0.294. The molecule has 0 spiro atoms. The minimum atomic E-state index is -0.741. The highest BCUT2D eigenvalue weighted by atomic mass is 35.5. The molecule has 1 aromatic carbocycles. The number of aliphatic hydroxyl groups excluding tert-OH is 1. The van der Waals surface area contributed by atoms with Crippen molar-refractivity contribution in [2.75, 3.05) is 0 Å². The number of benzene rings is 1. The number of rotatable bonds is 2. The highest BCUT2D eigenvalue weighted by molar-refractivity contribution is 6.31. The van der Waals surface area contributed by atoms with Crippen LogP contribution in [0.5, 0.6) is 0 Å². The van der Waals surface area contributed by atoms with Crippen LogP contribution in [0.4, 0.5) is 4.39 Å². The van der Waals surface area contributed by atoms with Crippen LogP contribution in [0.2, 0.25) is 5.02 Å². The fourth-order valence-electron chi connectivity index (χ4n) is 3.16. The zero-order valence-corrected chi connectivity index (χ0v) is 14.5. The number of nitrogens with two attached hydrogens (primary N) is 2. The zero-order chi connectivity index (χ0) is 18.5. The second-order valence-electron chi connectivity index (χ2n) is 6.19. The number of hydrogen-bond donors (Lipinski definition) is 4.